The van der Waals surface area contributed by atoms with Crippen LogP contribution in [0.4, 0.5) is 10.1 Å². The quantitative estimate of drug-likeness (QED) is 0.818. The van der Waals surface area contributed by atoms with Gasteiger partial charge in [0.1, 0.15) is 11.6 Å². The monoisotopic (exact) mass is 356 g/mol. The number of carbonyl (C=O) groups is 1. The number of carbonyl (C=O) groups excluding carboxylic acids is 1. The van der Waals surface area contributed by atoms with Crippen molar-refractivity contribution >= 4 is 11.6 Å². The summed E-state index contributed by atoms with van der Waals surface area (Å²) in [5, 5.41) is 2.92. The van der Waals surface area contributed by atoms with Crippen LogP contribution < -0.4 is 15.0 Å². The van der Waals surface area contributed by atoms with Gasteiger partial charge in [0.2, 0.25) is 0 Å². The molecule has 0 radical (unpaired) electrons. The van der Waals surface area contributed by atoms with E-state index < -0.39 is 6.10 Å². The molecule has 5 heteroatoms. The Morgan fingerprint density at radius 1 is 1.12 bits per heavy atom. The smallest absolute Gasteiger partial charge is 0.261 e. The number of benzene rings is 2. The van der Waals surface area contributed by atoms with Crippen LogP contribution in [0.15, 0.2) is 48.5 Å². The Morgan fingerprint density at radius 3 is 2.38 bits per heavy atom. The summed E-state index contributed by atoms with van der Waals surface area (Å²) in [7, 11) is 0. The third-order valence-electron chi connectivity index (χ3n) is 4.63. The molecule has 0 saturated carbocycles. The Labute approximate surface area is 154 Å². The molecule has 1 heterocycles. The zero-order valence-electron chi connectivity index (χ0n) is 15.1. The molecule has 1 atom stereocenters. The number of nitrogens with zero attached hydrogens (tertiary/aromatic N) is 1. The van der Waals surface area contributed by atoms with Gasteiger partial charge in [-0.15, -0.1) is 0 Å². The molecule has 0 spiro atoms. The molecule has 26 heavy (non-hydrogen) atoms. The second-order valence-electron chi connectivity index (χ2n) is 6.55. The van der Waals surface area contributed by atoms with Gasteiger partial charge in [0, 0.05) is 25.3 Å². The van der Waals surface area contributed by atoms with Crippen LogP contribution in [0.1, 0.15) is 31.7 Å². The zero-order valence-corrected chi connectivity index (χ0v) is 15.1. The first-order valence-corrected chi connectivity index (χ1v) is 9.19. The Kier molecular flexibility index (Phi) is 6.10. The fraction of sp³-hybridized carbons (Fsp3) is 0.381. The Bertz CT molecular complexity index is 710. The van der Waals surface area contributed by atoms with Crippen molar-refractivity contribution in [2.75, 3.05) is 18.0 Å². The topological polar surface area (TPSA) is 41.6 Å². The summed E-state index contributed by atoms with van der Waals surface area (Å²) in [5.74, 6) is -0.00367. The van der Waals surface area contributed by atoms with Gasteiger partial charge in [0.05, 0.1) is 0 Å². The lowest BCUT2D eigenvalue weighted by Gasteiger charge is -2.19. The maximum absolute atomic E-state index is 13.0. The van der Waals surface area contributed by atoms with Crippen molar-refractivity contribution in [1.82, 2.24) is 5.32 Å². The van der Waals surface area contributed by atoms with Crippen molar-refractivity contribution in [2.45, 2.75) is 38.8 Å². The van der Waals surface area contributed by atoms with E-state index in [1.54, 1.807) is 0 Å². The molecule has 0 aliphatic carbocycles. The third-order valence-corrected chi connectivity index (χ3v) is 4.63. The molecule has 1 aliphatic heterocycles. The average Bonchev–Trinajstić information content (AvgIpc) is 3.21. The molecule has 1 N–H and O–H groups in total. The van der Waals surface area contributed by atoms with Gasteiger partial charge in [-0.05, 0) is 61.2 Å². The predicted octanol–water partition coefficient (Wildman–Crippen LogP) is 3.90. The number of hydrogen-bond acceptors (Lipinski definition) is 3. The van der Waals surface area contributed by atoms with Crippen molar-refractivity contribution < 1.29 is 13.9 Å². The first-order chi connectivity index (χ1) is 12.7. The van der Waals surface area contributed by atoms with Crippen LogP contribution in [0.5, 0.6) is 5.75 Å². The first-order valence-electron chi connectivity index (χ1n) is 9.19. The molecule has 2 aromatic rings. The molecule has 0 bridgehead atoms. The molecule has 1 amide bonds. The highest BCUT2D eigenvalue weighted by atomic mass is 19.1. The van der Waals surface area contributed by atoms with Gasteiger partial charge >= 0.3 is 0 Å². The maximum atomic E-state index is 13.0. The average molecular weight is 356 g/mol. The highest BCUT2D eigenvalue weighted by Gasteiger charge is 2.18. The van der Waals surface area contributed by atoms with E-state index in [-0.39, 0.29) is 11.7 Å². The SMILES string of the molecule is CCC(Oc1ccc(F)cc1)C(=O)NCc1ccc(N2CCCC2)cc1. The van der Waals surface area contributed by atoms with Gasteiger partial charge in [-0.1, -0.05) is 19.1 Å². The fourth-order valence-electron chi connectivity index (χ4n) is 3.10. The lowest BCUT2D eigenvalue weighted by atomic mass is 10.2. The second-order valence-corrected chi connectivity index (χ2v) is 6.55. The van der Waals surface area contributed by atoms with E-state index in [9.17, 15) is 9.18 Å². The molecule has 1 aliphatic rings. The molecule has 0 aromatic heterocycles. The van der Waals surface area contributed by atoms with E-state index in [2.05, 4.69) is 34.5 Å². The molecule has 3 rings (SSSR count). The predicted molar refractivity (Wildman–Crippen MR) is 101 cm³/mol. The molecule has 1 saturated heterocycles. The molecule has 1 fully saturated rings. The highest BCUT2D eigenvalue weighted by molar-refractivity contribution is 5.81. The Morgan fingerprint density at radius 2 is 1.77 bits per heavy atom. The summed E-state index contributed by atoms with van der Waals surface area (Å²) < 4.78 is 18.6. The van der Waals surface area contributed by atoms with E-state index in [0.29, 0.717) is 18.7 Å². The van der Waals surface area contributed by atoms with E-state index >= 15 is 0 Å². The Balaban J connectivity index is 1.52. The molecular weight excluding hydrogens is 331 g/mol. The lowest BCUT2D eigenvalue weighted by molar-refractivity contribution is -0.128. The standard InChI is InChI=1S/C21H25FN2O2/c1-2-20(26-19-11-7-17(22)8-12-19)21(25)23-15-16-5-9-18(10-6-16)24-13-3-4-14-24/h5-12,20H,2-4,13-15H2,1H3,(H,23,25). The molecule has 138 valence electrons. The lowest BCUT2D eigenvalue weighted by Crippen LogP contribution is -2.37. The number of rotatable bonds is 7. The van der Waals surface area contributed by atoms with Gasteiger partial charge in [-0.25, -0.2) is 4.39 Å². The summed E-state index contributed by atoms with van der Waals surface area (Å²) in [5.41, 5.74) is 2.29. The van der Waals surface area contributed by atoms with Crippen LogP contribution in [0.25, 0.3) is 0 Å². The molecule has 4 nitrogen and oxygen atoms in total. The van der Waals surface area contributed by atoms with Crippen LogP contribution in [0.3, 0.4) is 0 Å². The molecular formula is C21H25FN2O2. The third kappa shape index (κ3) is 4.75. The van der Waals surface area contributed by atoms with E-state index in [4.69, 9.17) is 4.74 Å². The van der Waals surface area contributed by atoms with Gasteiger partial charge in [0.25, 0.3) is 5.91 Å². The summed E-state index contributed by atoms with van der Waals surface area (Å²) in [4.78, 5) is 14.8. The van der Waals surface area contributed by atoms with E-state index in [1.807, 2.05) is 6.92 Å². The molecule has 2 aromatic carbocycles. The number of hydrogen-bond donors (Lipinski definition) is 1. The van der Waals surface area contributed by atoms with Crippen LogP contribution >= 0.6 is 0 Å². The van der Waals surface area contributed by atoms with E-state index in [0.717, 1.165) is 18.7 Å². The van der Waals surface area contributed by atoms with E-state index in [1.165, 1.54) is 42.8 Å². The number of ether oxygens (including phenoxy) is 1. The largest absolute Gasteiger partial charge is 0.481 e. The maximum Gasteiger partial charge on any atom is 0.261 e. The minimum Gasteiger partial charge on any atom is -0.481 e. The second kappa shape index (κ2) is 8.70. The van der Waals surface area contributed by atoms with Crippen LogP contribution in [-0.2, 0) is 11.3 Å². The summed E-state index contributed by atoms with van der Waals surface area (Å²) in [6.07, 6.45) is 2.45. The number of halogens is 1. The van der Waals surface area contributed by atoms with Crippen LogP contribution in [0, 0.1) is 5.82 Å². The van der Waals surface area contributed by atoms with Crippen LogP contribution in [0.2, 0.25) is 0 Å². The van der Waals surface area contributed by atoms with Crippen molar-refractivity contribution in [3.63, 3.8) is 0 Å². The first kappa shape index (κ1) is 18.2. The van der Waals surface area contributed by atoms with Gasteiger partial charge in [-0.2, -0.15) is 0 Å². The minimum atomic E-state index is -0.593. The van der Waals surface area contributed by atoms with Gasteiger partial charge in [-0.3, -0.25) is 4.79 Å². The van der Waals surface area contributed by atoms with Crippen LogP contribution in [-0.4, -0.2) is 25.1 Å². The zero-order chi connectivity index (χ0) is 18.4. The fourth-order valence-corrected chi connectivity index (χ4v) is 3.10. The number of amides is 1. The van der Waals surface area contributed by atoms with Crippen molar-refractivity contribution in [1.29, 1.82) is 0 Å². The summed E-state index contributed by atoms with van der Waals surface area (Å²) >= 11 is 0. The van der Waals surface area contributed by atoms with Crippen molar-refractivity contribution in [3.8, 4) is 5.75 Å². The van der Waals surface area contributed by atoms with Gasteiger partial charge < -0.3 is 15.0 Å². The normalized spacial score (nSPS) is 14.9. The van der Waals surface area contributed by atoms with Crippen molar-refractivity contribution in [3.05, 3.63) is 59.9 Å². The summed E-state index contributed by atoms with van der Waals surface area (Å²) in [6, 6.07) is 14.0. The summed E-state index contributed by atoms with van der Waals surface area (Å²) in [6.45, 7) is 4.59. The number of anilines is 1. The van der Waals surface area contributed by atoms with Gasteiger partial charge in [0.15, 0.2) is 6.10 Å². The van der Waals surface area contributed by atoms with Crippen molar-refractivity contribution in [2.24, 2.45) is 0 Å². The number of nitrogens with one attached hydrogen (secondary N) is 1. The molecule has 1 unspecified atom stereocenters. The minimum absolute atomic E-state index is 0.166. The highest BCUT2D eigenvalue weighted by Crippen LogP contribution is 2.20. The Hall–Kier alpha value is -2.56.